The SMILES string of the molecule is CN(C)C(=O)CCNCCc1ccc(Cl)cc1. The molecule has 4 heteroatoms. The van der Waals surface area contributed by atoms with E-state index in [0.717, 1.165) is 24.5 Å². The van der Waals surface area contributed by atoms with E-state index in [4.69, 9.17) is 11.6 Å². The minimum Gasteiger partial charge on any atom is -0.349 e. The van der Waals surface area contributed by atoms with Gasteiger partial charge in [-0.05, 0) is 30.7 Å². The lowest BCUT2D eigenvalue weighted by Crippen LogP contribution is -2.27. The predicted molar refractivity (Wildman–Crippen MR) is 71.3 cm³/mol. The van der Waals surface area contributed by atoms with Gasteiger partial charge in [0.2, 0.25) is 5.91 Å². The largest absolute Gasteiger partial charge is 0.349 e. The molecule has 0 saturated heterocycles. The van der Waals surface area contributed by atoms with Gasteiger partial charge in [-0.25, -0.2) is 0 Å². The molecule has 0 atom stereocenters. The molecule has 0 spiro atoms. The van der Waals surface area contributed by atoms with Crippen LogP contribution in [0.5, 0.6) is 0 Å². The summed E-state index contributed by atoms with van der Waals surface area (Å²) in [7, 11) is 3.55. The van der Waals surface area contributed by atoms with Gasteiger partial charge in [-0.1, -0.05) is 23.7 Å². The number of benzene rings is 1. The van der Waals surface area contributed by atoms with Crippen molar-refractivity contribution in [1.82, 2.24) is 10.2 Å². The second-order valence-corrected chi connectivity index (χ2v) is 4.60. The first-order valence-corrected chi connectivity index (χ1v) is 6.12. The summed E-state index contributed by atoms with van der Waals surface area (Å²) in [6.07, 6.45) is 1.50. The summed E-state index contributed by atoms with van der Waals surface area (Å²) >= 11 is 5.80. The van der Waals surface area contributed by atoms with Crippen molar-refractivity contribution < 1.29 is 4.79 Å². The van der Waals surface area contributed by atoms with Gasteiger partial charge < -0.3 is 10.2 Å². The van der Waals surface area contributed by atoms with E-state index in [2.05, 4.69) is 5.32 Å². The minimum atomic E-state index is 0.156. The number of hydrogen-bond donors (Lipinski definition) is 1. The monoisotopic (exact) mass is 254 g/mol. The normalized spacial score (nSPS) is 10.3. The van der Waals surface area contributed by atoms with Gasteiger partial charge in [0.25, 0.3) is 0 Å². The summed E-state index contributed by atoms with van der Waals surface area (Å²) in [5, 5.41) is 4.02. The number of amides is 1. The highest BCUT2D eigenvalue weighted by Crippen LogP contribution is 2.09. The van der Waals surface area contributed by atoms with Crippen LogP contribution < -0.4 is 5.32 Å². The Bertz CT molecular complexity index is 349. The molecular weight excluding hydrogens is 236 g/mol. The number of carbonyl (C=O) groups is 1. The molecule has 0 aliphatic rings. The molecule has 1 aromatic rings. The summed E-state index contributed by atoms with van der Waals surface area (Å²) in [6.45, 7) is 1.60. The Balaban J connectivity index is 2.12. The number of nitrogens with one attached hydrogen (secondary N) is 1. The van der Waals surface area contributed by atoms with Crippen molar-refractivity contribution in [1.29, 1.82) is 0 Å². The zero-order valence-corrected chi connectivity index (χ0v) is 11.1. The van der Waals surface area contributed by atoms with E-state index in [1.54, 1.807) is 19.0 Å². The van der Waals surface area contributed by atoms with Gasteiger partial charge >= 0.3 is 0 Å². The molecule has 0 radical (unpaired) electrons. The number of nitrogens with zero attached hydrogens (tertiary/aromatic N) is 1. The Morgan fingerprint density at radius 3 is 2.47 bits per heavy atom. The first kappa shape index (κ1) is 14.0. The second-order valence-electron chi connectivity index (χ2n) is 4.16. The Morgan fingerprint density at radius 1 is 1.24 bits per heavy atom. The molecule has 17 heavy (non-hydrogen) atoms. The zero-order valence-electron chi connectivity index (χ0n) is 10.4. The fourth-order valence-corrected chi connectivity index (χ4v) is 1.55. The highest BCUT2D eigenvalue weighted by molar-refractivity contribution is 6.30. The molecule has 1 amide bonds. The molecule has 0 bridgehead atoms. The Morgan fingerprint density at radius 2 is 1.88 bits per heavy atom. The van der Waals surface area contributed by atoms with Crippen molar-refractivity contribution in [3.8, 4) is 0 Å². The van der Waals surface area contributed by atoms with Gasteiger partial charge in [0.1, 0.15) is 0 Å². The van der Waals surface area contributed by atoms with Gasteiger partial charge in [-0.2, -0.15) is 0 Å². The van der Waals surface area contributed by atoms with Crippen LogP contribution in [0.15, 0.2) is 24.3 Å². The molecular formula is C13H19ClN2O. The van der Waals surface area contributed by atoms with Crippen molar-refractivity contribution in [2.45, 2.75) is 12.8 Å². The number of carbonyl (C=O) groups excluding carboxylic acids is 1. The zero-order chi connectivity index (χ0) is 12.7. The minimum absolute atomic E-state index is 0.156. The lowest BCUT2D eigenvalue weighted by Gasteiger charge is -2.10. The van der Waals surface area contributed by atoms with Crippen LogP contribution in [0.4, 0.5) is 0 Å². The number of rotatable bonds is 6. The van der Waals surface area contributed by atoms with Crippen LogP contribution in [0, 0.1) is 0 Å². The third kappa shape index (κ3) is 5.71. The highest BCUT2D eigenvalue weighted by Gasteiger charge is 2.02. The Hall–Kier alpha value is -1.06. The van der Waals surface area contributed by atoms with E-state index in [1.165, 1.54) is 5.56 Å². The second kappa shape index (κ2) is 7.30. The number of halogens is 1. The third-order valence-corrected chi connectivity index (χ3v) is 2.77. The topological polar surface area (TPSA) is 32.3 Å². The average molecular weight is 255 g/mol. The lowest BCUT2D eigenvalue weighted by atomic mass is 10.1. The van der Waals surface area contributed by atoms with E-state index in [1.807, 2.05) is 24.3 Å². The molecule has 1 N–H and O–H groups in total. The summed E-state index contributed by atoms with van der Waals surface area (Å²) in [5.41, 5.74) is 1.25. The summed E-state index contributed by atoms with van der Waals surface area (Å²) < 4.78 is 0. The fraction of sp³-hybridized carbons (Fsp3) is 0.462. The fourth-order valence-electron chi connectivity index (χ4n) is 1.43. The predicted octanol–water partition coefficient (Wildman–Crippen LogP) is 1.95. The van der Waals surface area contributed by atoms with Gasteiger partial charge in [0.15, 0.2) is 0 Å². The molecule has 3 nitrogen and oxygen atoms in total. The highest BCUT2D eigenvalue weighted by atomic mass is 35.5. The van der Waals surface area contributed by atoms with Crippen molar-refractivity contribution in [3.05, 3.63) is 34.9 Å². The molecule has 0 heterocycles. The maximum atomic E-state index is 11.3. The van der Waals surface area contributed by atoms with Crippen LogP contribution in [-0.2, 0) is 11.2 Å². The van der Waals surface area contributed by atoms with E-state index in [-0.39, 0.29) is 5.91 Å². The van der Waals surface area contributed by atoms with Gasteiger partial charge in [-0.3, -0.25) is 4.79 Å². The maximum absolute atomic E-state index is 11.3. The standard InChI is InChI=1S/C13H19ClN2O/c1-16(2)13(17)8-10-15-9-7-11-3-5-12(14)6-4-11/h3-6,15H,7-10H2,1-2H3. The van der Waals surface area contributed by atoms with Crippen LogP contribution >= 0.6 is 11.6 Å². The summed E-state index contributed by atoms with van der Waals surface area (Å²) in [6, 6.07) is 7.84. The Kier molecular flexibility index (Phi) is 6.01. The third-order valence-electron chi connectivity index (χ3n) is 2.52. The Labute approximate surface area is 108 Å². The molecule has 0 fully saturated rings. The van der Waals surface area contributed by atoms with Crippen molar-refractivity contribution >= 4 is 17.5 Å². The van der Waals surface area contributed by atoms with Crippen LogP contribution in [0.2, 0.25) is 5.02 Å². The van der Waals surface area contributed by atoms with Gasteiger partial charge in [0, 0.05) is 32.1 Å². The van der Waals surface area contributed by atoms with E-state index in [0.29, 0.717) is 6.42 Å². The molecule has 0 saturated carbocycles. The van der Waals surface area contributed by atoms with Crippen molar-refractivity contribution in [2.24, 2.45) is 0 Å². The van der Waals surface area contributed by atoms with Crippen LogP contribution in [0.3, 0.4) is 0 Å². The molecule has 94 valence electrons. The van der Waals surface area contributed by atoms with Gasteiger partial charge in [0.05, 0.1) is 0 Å². The summed E-state index contributed by atoms with van der Waals surface area (Å²) in [5.74, 6) is 0.156. The van der Waals surface area contributed by atoms with E-state index in [9.17, 15) is 4.79 Å². The maximum Gasteiger partial charge on any atom is 0.223 e. The molecule has 0 unspecified atom stereocenters. The van der Waals surface area contributed by atoms with Crippen LogP contribution in [-0.4, -0.2) is 38.0 Å². The molecule has 0 aromatic heterocycles. The molecule has 1 rings (SSSR count). The van der Waals surface area contributed by atoms with E-state index < -0.39 is 0 Å². The lowest BCUT2D eigenvalue weighted by molar-refractivity contribution is -0.128. The smallest absolute Gasteiger partial charge is 0.223 e. The van der Waals surface area contributed by atoms with Gasteiger partial charge in [-0.15, -0.1) is 0 Å². The van der Waals surface area contributed by atoms with Crippen LogP contribution in [0.25, 0.3) is 0 Å². The molecule has 1 aromatic carbocycles. The van der Waals surface area contributed by atoms with Crippen molar-refractivity contribution in [3.63, 3.8) is 0 Å². The quantitative estimate of drug-likeness (QED) is 0.787. The van der Waals surface area contributed by atoms with E-state index >= 15 is 0 Å². The first-order valence-electron chi connectivity index (χ1n) is 5.75. The first-order chi connectivity index (χ1) is 8.09. The average Bonchev–Trinajstić information content (AvgIpc) is 2.30. The van der Waals surface area contributed by atoms with Crippen molar-refractivity contribution in [2.75, 3.05) is 27.2 Å². The molecule has 0 aliphatic carbocycles. The van der Waals surface area contributed by atoms with Crippen LogP contribution in [0.1, 0.15) is 12.0 Å². The molecule has 0 aliphatic heterocycles. The summed E-state index contributed by atoms with van der Waals surface area (Å²) in [4.78, 5) is 12.9. The number of hydrogen-bond acceptors (Lipinski definition) is 2.